The van der Waals surface area contributed by atoms with Crippen molar-refractivity contribution in [2.45, 2.75) is 59.2 Å². The molecule has 0 radical (unpaired) electrons. The molecule has 0 aromatic heterocycles. The van der Waals surface area contributed by atoms with E-state index in [1.807, 2.05) is 45.0 Å². The Kier molecular flexibility index (Phi) is 9.63. The van der Waals surface area contributed by atoms with Gasteiger partial charge in [-0.1, -0.05) is 41.9 Å². The number of benzene rings is 2. The van der Waals surface area contributed by atoms with Gasteiger partial charge in [0.1, 0.15) is 17.7 Å². The van der Waals surface area contributed by atoms with Gasteiger partial charge in [0.2, 0.25) is 5.91 Å². The third kappa shape index (κ3) is 7.39. The Bertz CT molecular complexity index is 1080. The topological polar surface area (TPSA) is 87.7 Å². The summed E-state index contributed by atoms with van der Waals surface area (Å²) in [6.45, 7) is 10.9. The zero-order valence-electron chi connectivity index (χ0n) is 21.2. The molecule has 0 spiro atoms. The van der Waals surface area contributed by atoms with Crippen molar-refractivity contribution in [1.29, 1.82) is 0 Å². The van der Waals surface area contributed by atoms with Crippen molar-refractivity contribution in [3.8, 4) is 0 Å². The summed E-state index contributed by atoms with van der Waals surface area (Å²) in [6, 6.07) is 8.93. The Morgan fingerprint density at radius 2 is 1.66 bits per heavy atom. The number of hydrogen-bond donors (Lipinski definition) is 3. The lowest BCUT2D eigenvalue weighted by Crippen LogP contribution is -2.52. The van der Waals surface area contributed by atoms with Gasteiger partial charge in [-0.2, -0.15) is 12.6 Å². The van der Waals surface area contributed by atoms with Gasteiger partial charge in [0.05, 0.1) is 10.7 Å². The van der Waals surface area contributed by atoms with Crippen LogP contribution in [0.15, 0.2) is 36.4 Å². The number of likely N-dealkylation sites (N-methyl/N-ethyl adjacent to an activating group) is 1. The fourth-order valence-corrected chi connectivity index (χ4v) is 4.10. The van der Waals surface area contributed by atoms with E-state index in [2.05, 4.69) is 23.3 Å². The highest BCUT2D eigenvalue weighted by Gasteiger charge is 2.35. The molecule has 3 amide bonds. The van der Waals surface area contributed by atoms with Gasteiger partial charge in [0.15, 0.2) is 0 Å². The quantitative estimate of drug-likeness (QED) is 0.437. The van der Waals surface area contributed by atoms with Gasteiger partial charge in [-0.25, -0.2) is 4.79 Å². The van der Waals surface area contributed by atoms with E-state index in [-0.39, 0.29) is 5.75 Å². The largest absolute Gasteiger partial charge is 0.444 e. The standard InChI is InChI=1S/C26H34ClN3O4S/c1-15-10-8-12-18(17(15)3)22(23(31)29-21-16(2)11-9-13-19(21)27)30(7)24(32)20(14-35)28-25(33)34-26(4,5)6/h8-13,20,22,35H,14H2,1-7H3,(H,28,33)(H,29,31). The number of thiol groups is 1. The van der Waals surface area contributed by atoms with E-state index >= 15 is 0 Å². The minimum Gasteiger partial charge on any atom is -0.444 e. The molecule has 9 heteroatoms. The molecule has 2 atom stereocenters. The van der Waals surface area contributed by atoms with E-state index in [1.165, 1.54) is 11.9 Å². The molecule has 0 fully saturated rings. The van der Waals surface area contributed by atoms with Crippen LogP contribution in [0.2, 0.25) is 5.02 Å². The van der Waals surface area contributed by atoms with E-state index in [9.17, 15) is 14.4 Å². The Balaban J connectivity index is 2.43. The predicted octanol–water partition coefficient (Wildman–Crippen LogP) is 5.23. The van der Waals surface area contributed by atoms with Gasteiger partial charge < -0.3 is 20.3 Å². The van der Waals surface area contributed by atoms with Crippen LogP contribution in [0.5, 0.6) is 0 Å². The molecule has 0 aliphatic rings. The highest BCUT2D eigenvalue weighted by atomic mass is 35.5. The lowest BCUT2D eigenvalue weighted by molar-refractivity contribution is -0.138. The van der Waals surface area contributed by atoms with Crippen LogP contribution in [-0.4, -0.2) is 47.3 Å². The second kappa shape index (κ2) is 11.8. The van der Waals surface area contributed by atoms with Crippen LogP contribution in [0.1, 0.15) is 49.1 Å². The molecule has 2 aromatic rings. The van der Waals surface area contributed by atoms with E-state index in [0.717, 1.165) is 16.7 Å². The van der Waals surface area contributed by atoms with Crippen molar-refractivity contribution < 1.29 is 19.1 Å². The van der Waals surface area contributed by atoms with E-state index in [0.29, 0.717) is 16.3 Å². The molecule has 0 aliphatic carbocycles. The molecule has 2 N–H and O–H groups in total. The number of anilines is 1. The van der Waals surface area contributed by atoms with Crippen molar-refractivity contribution in [2.75, 3.05) is 18.1 Å². The number of rotatable bonds is 7. The molecule has 35 heavy (non-hydrogen) atoms. The Labute approximate surface area is 218 Å². The number of alkyl carbamates (subject to hydrolysis) is 1. The van der Waals surface area contributed by atoms with Crippen molar-refractivity contribution in [3.63, 3.8) is 0 Å². The maximum absolute atomic E-state index is 13.7. The number of ether oxygens (including phenoxy) is 1. The number of hydrogen-bond acceptors (Lipinski definition) is 5. The maximum atomic E-state index is 13.7. The van der Waals surface area contributed by atoms with Crippen LogP contribution < -0.4 is 10.6 Å². The number of nitrogens with one attached hydrogen (secondary N) is 2. The Morgan fingerprint density at radius 1 is 1.06 bits per heavy atom. The summed E-state index contributed by atoms with van der Waals surface area (Å²) < 4.78 is 5.28. The highest BCUT2D eigenvalue weighted by molar-refractivity contribution is 7.80. The minimum atomic E-state index is -0.999. The average Bonchev–Trinajstić information content (AvgIpc) is 2.76. The Hall–Kier alpha value is -2.71. The molecule has 0 saturated heterocycles. The Morgan fingerprint density at radius 3 is 2.23 bits per heavy atom. The number of carbonyl (C=O) groups is 3. The van der Waals surface area contributed by atoms with Crippen molar-refractivity contribution >= 4 is 47.8 Å². The van der Waals surface area contributed by atoms with E-state index < -0.39 is 35.6 Å². The van der Waals surface area contributed by atoms with E-state index in [1.54, 1.807) is 32.9 Å². The first-order valence-corrected chi connectivity index (χ1v) is 12.3. The van der Waals surface area contributed by atoms with Gasteiger partial charge in [0.25, 0.3) is 5.91 Å². The van der Waals surface area contributed by atoms with Crippen molar-refractivity contribution in [1.82, 2.24) is 10.2 Å². The monoisotopic (exact) mass is 519 g/mol. The number of nitrogens with zero attached hydrogens (tertiary/aromatic N) is 1. The SMILES string of the molecule is Cc1cccc(C(C(=O)Nc2c(C)cccc2Cl)N(C)C(=O)C(CS)NC(=O)OC(C)(C)C)c1C. The van der Waals surface area contributed by atoms with Crippen LogP contribution in [-0.2, 0) is 14.3 Å². The van der Waals surface area contributed by atoms with Crippen LogP contribution in [0.3, 0.4) is 0 Å². The van der Waals surface area contributed by atoms with Crippen molar-refractivity contribution in [3.05, 3.63) is 63.7 Å². The molecule has 7 nitrogen and oxygen atoms in total. The smallest absolute Gasteiger partial charge is 0.408 e. The minimum absolute atomic E-state index is 0.0210. The lowest BCUT2D eigenvalue weighted by Gasteiger charge is -2.32. The van der Waals surface area contributed by atoms with Gasteiger partial charge in [0, 0.05) is 12.8 Å². The zero-order valence-corrected chi connectivity index (χ0v) is 22.9. The first kappa shape index (κ1) is 28.5. The first-order valence-electron chi connectivity index (χ1n) is 11.3. The third-order valence-corrected chi connectivity index (χ3v) is 6.25. The van der Waals surface area contributed by atoms with Crippen LogP contribution >= 0.6 is 24.2 Å². The number of para-hydroxylation sites is 1. The van der Waals surface area contributed by atoms with Gasteiger partial charge in [-0.15, -0.1) is 0 Å². The summed E-state index contributed by atoms with van der Waals surface area (Å²) in [7, 11) is 1.53. The molecule has 190 valence electrons. The summed E-state index contributed by atoms with van der Waals surface area (Å²) >= 11 is 10.6. The highest BCUT2D eigenvalue weighted by Crippen LogP contribution is 2.30. The number of halogens is 1. The molecule has 2 rings (SSSR count). The normalized spacial score (nSPS) is 12.9. The first-order chi connectivity index (χ1) is 16.3. The second-order valence-electron chi connectivity index (χ2n) is 9.44. The summed E-state index contributed by atoms with van der Waals surface area (Å²) in [5, 5.41) is 5.85. The summed E-state index contributed by atoms with van der Waals surface area (Å²) in [4.78, 5) is 40.8. The number of aryl methyl sites for hydroxylation is 2. The predicted molar refractivity (Wildman–Crippen MR) is 143 cm³/mol. The molecular formula is C26H34ClN3O4S. The summed E-state index contributed by atoms with van der Waals surface area (Å²) in [5.74, 6) is -0.892. The maximum Gasteiger partial charge on any atom is 0.408 e. The molecule has 0 bridgehead atoms. The van der Waals surface area contributed by atoms with Crippen LogP contribution in [0.4, 0.5) is 10.5 Å². The molecule has 0 aliphatic heterocycles. The van der Waals surface area contributed by atoms with Gasteiger partial charge >= 0.3 is 6.09 Å². The molecule has 0 saturated carbocycles. The van der Waals surface area contributed by atoms with Crippen molar-refractivity contribution in [2.24, 2.45) is 0 Å². The molecular weight excluding hydrogens is 486 g/mol. The average molecular weight is 520 g/mol. The zero-order chi connectivity index (χ0) is 26.5. The molecule has 2 unspecified atom stereocenters. The number of amides is 3. The fraction of sp³-hybridized carbons (Fsp3) is 0.423. The third-order valence-electron chi connectivity index (χ3n) is 5.57. The van der Waals surface area contributed by atoms with Crippen LogP contribution in [0.25, 0.3) is 0 Å². The van der Waals surface area contributed by atoms with E-state index in [4.69, 9.17) is 16.3 Å². The summed E-state index contributed by atoms with van der Waals surface area (Å²) in [6.07, 6.45) is -0.738. The molecule has 2 aromatic carbocycles. The van der Waals surface area contributed by atoms with Gasteiger partial charge in [-0.3, -0.25) is 9.59 Å². The van der Waals surface area contributed by atoms with Gasteiger partial charge in [-0.05, 0) is 69.9 Å². The lowest BCUT2D eigenvalue weighted by atomic mass is 9.95. The van der Waals surface area contributed by atoms with Crippen LogP contribution in [0, 0.1) is 20.8 Å². The second-order valence-corrected chi connectivity index (χ2v) is 10.2. The molecule has 0 heterocycles. The summed E-state index contributed by atoms with van der Waals surface area (Å²) in [5.41, 5.74) is 3.07. The number of carbonyl (C=O) groups excluding carboxylic acids is 3. The fourth-order valence-electron chi connectivity index (χ4n) is 3.59.